The number of rotatable bonds is 8. The molecule has 1 atom stereocenters. The Balaban J connectivity index is 2.56. The first kappa shape index (κ1) is 14.5. The number of hydrogen-bond acceptors (Lipinski definition) is 4. The first-order chi connectivity index (χ1) is 8.19. The Morgan fingerprint density at radius 3 is 2.76 bits per heavy atom. The van der Waals surface area contributed by atoms with Crippen LogP contribution >= 0.6 is 11.8 Å². The van der Waals surface area contributed by atoms with E-state index >= 15 is 0 Å². The van der Waals surface area contributed by atoms with E-state index in [1.165, 1.54) is 11.4 Å². The van der Waals surface area contributed by atoms with E-state index in [0.717, 1.165) is 24.6 Å². The highest BCUT2D eigenvalue weighted by Crippen LogP contribution is 2.19. The lowest BCUT2D eigenvalue weighted by molar-refractivity contribution is 0.514. The van der Waals surface area contributed by atoms with Crippen LogP contribution in [0.2, 0.25) is 0 Å². The van der Waals surface area contributed by atoms with Crippen molar-refractivity contribution >= 4 is 11.8 Å². The minimum atomic E-state index is 0.347. The second-order valence-electron chi connectivity index (χ2n) is 4.65. The molecule has 1 N–H and O–H groups in total. The van der Waals surface area contributed by atoms with Gasteiger partial charge in [-0.3, -0.25) is 0 Å². The van der Waals surface area contributed by atoms with Gasteiger partial charge in [-0.05, 0) is 25.1 Å². The molecule has 1 aromatic heterocycles. The summed E-state index contributed by atoms with van der Waals surface area (Å²) in [6.07, 6.45) is 2.97. The summed E-state index contributed by atoms with van der Waals surface area (Å²) >= 11 is 1.99. The van der Waals surface area contributed by atoms with E-state index in [1.54, 1.807) is 0 Å². The third-order valence-electron chi connectivity index (χ3n) is 2.52. The summed E-state index contributed by atoms with van der Waals surface area (Å²) in [5.74, 6) is 3.02. The van der Waals surface area contributed by atoms with Gasteiger partial charge in [0.25, 0.3) is 0 Å². The smallest absolute Gasteiger partial charge is 0.0764 e. The highest BCUT2D eigenvalue weighted by atomic mass is 32.2. The maximum Gasteiger partial charge on any atom is 0.0764 e. The SMILES string of the molecule is CCCn1nncc1C(CSCC(C)C)NC. The van der Waals surface area contributed by atoms with E-state index in [9.17, 15) is 0 Å². The van der Waals surface area contributed by atoms with Crippen molar-refractivity contribution in [3.63, 3.8) is 0 Å². The number of aromatic nitrogens is 3. The van der Waals surface area contributed by atoms with Gasteiger partial charge in [-0.25, -0.2) is 4.68 Å². The van der Waals surface area contributed by atoms with Crippen molar-refractivity contribution < 1.29 is 0 Å². The highest BCUT2D eigenvalue weighted by Gasteiger charge is 2.15. The molecular formula is C12H24N4S. The van der Waals surface area contributed by atoms with Gasteiger partial charge in [0, 0.05) is 12.3 Å². The standard InChI is InChI=1S/C12H24N4S/c1-5-6-16-12(7-14-15-16)11(13-4)9-17-8-10(2)3/h7,10-11,13H,5-6,8-9H2,1-4H3. The van der Waals surface area contributed by atoms with Crippen LogP contribution in [0.5, 0.6) is 0 Å². The second kappa shape index (κ2) is 7.71. The fourth-order valence-corrected chi connectivity index (χ4v) is 2.84. The van der Waals surface area contributed by atoms with Crippen molar-refractivity contribution in [1.29, 1.82) is 0 Å². The molecule has 1 rings (SSSR count). The van der Waals surface area contributed by atoms with Crippen molar-refractivity contribution in [1.82, 2.24) is 20.3 Å². The number of hydrogen-bond donors (Lipinski definition) is 1. The maximum absolute atomic E-state index is 4.14. The molecule has 0 amide bonds. The molecule has 5 heteroatoms. The molecule has 0 aromatic carbocycles. The molecule has 0 aliphatic rings. The average Bonchev–Trinajstić information content (AvgIpc) is 2.73. The van der Waals surface area contributed by atoms with Gasteiger partial charge >= 0.3 is 0 Å². The Morgan fingerprint density at radius 2 is 2.18 bits per heavy atom. The molecule has 0 radical (unpaired) electrons. The Bertz CT molecular complexity index is 311. The Morgan fingerprint density at radius 1 is 1.41 bits per heavy atom. The number of aryl methyl sites for hydroxylation is 1. The second-order valence-corrected chi connectivity index (χ2v) is 5.73. The molecule has 98 valence electrons. The zero-order valence-electron chi connectivity index (χ0n) is 11.3. The van der Waals surface area contributed by atoms with Gasteiger partial charge in [0.2, 0.25) is 0 Å². The van der Waals surface area contributed by atoms with E-state index < -0.39 is 0 Å². The van der Waals surface area contributed by atoms with Crippen LogP contribution in [0.3, 0.4) is 0 Å². The third-order valence-corrected chi connectivity index (χ3v) is 4.00. The van der Waals surface area contributed by atoms with Gasteiger partial charge in [0.15, 0.2) is 0 Å². The summed E-state index contributed by atoms with van der Waals surface area (Å²) in [5, 5.41) is 11.5. The fraction of sp³-hybridized carbons (Fsp3) is 0.833. The molecule has 0 aliphatic heterocycles. The van der Waals surface area contributed by atoms with Crippen molar-refractivity contribution in [3.8, 4) is 0 Å². The fourth-order valence-electron chi connectivity index (χ4n) is 1.66. The molecule has 1 unspecified atom stereocenters. The molecule has 0 spiro atoms. The lowest BCUT2D eigenvalue weighted by atomic mass is 10.2. The average molecular weight is 256 g/mol. The van der Waals surface area contributed by atoms with Crippen LogP contribution in [0.25, 0.3) is 0 Å². The van der Waals surface area contributed by atoms with E-state index in [4.69, 9.17) is 0 Å². The summed E-state index contributed by atoms with van der Waals surface area (Å²) in [4.78, 5) is 0. The first-order valence-corrected chi connectivity index (χ1v) is 7.47. The van der Waals surface area contributed by atoms with Gasteiger partial charge in [-0.15, -0.1) is 5.10 Å². The van der Waals surface area contributed by atoms with E-state index in [-0.39, 0.29) is 0 Å². The summed E-state index contributed by atoms with van der Waals surface area (Å²) in [7, 11) is 2.00. The third kappa shape index (κ3) is 4.68. The molecule has 4 nitrogen and oxygen atoms in total. The van der Waals surface area contributed by atoms with Crippen molar-refractivity contribution in [2.45, 2.75) is 39.8 Å². The van der Waals surface area contributed by atoms with Crippen molar-refractivity contribution in [2.75, 3.05) is 18.6 Å². The molecule has 0 aliphatic carbocycles. The summed E-state index contributed by atoms with van der Waals surface area (Å²) in [5.41, 5.74) is 1.20. The Hall–Kier alpha value is -0.550. The topological polar surface area (TPSA) is 42.7 Å². The Kier molecular flexibility index (Phi) is 6.58. The van der Waals surface area contributed by atoms with Gasteiger partial charge in [0.05, 0.1) is 17.9 Å². The van der Waals surface area contributed by atoms with E-state index in [0.29, 0.717) is 6.04 Å². The van der Waals surface area contributed by atoms with E-state index in [1.807, 2.05) is 29.7 Å². The quantitative estimate of drug-likeness (QED) is 0.775. The molecule has 17 heavy (non-hydrogen) atoms. The molecule has 0 fully saturated rings. The monoisotopic (exact) mass is 256 g/mol. The predicted octanol–water partition coefficient (Wildman–Crippen LogP) is 2.34. The summed E-state index contributed by atoms with van der Waals surface area (Å²) in [6.45, 7) is 7.62. The highest BCUT2D eigenvalue weighted by molar-refractivity contribution is 7.99. The van der Waals surface area contributed by atoms with Crippen LogP contribution in [0, 0.1) is 5.92 Å². The zero-order valence-corrected chi connectivity index (χ0v) is 12.1. The van der Waals surface area contributed by atoms with Crippen LogP contribution in [-0.4, -0.2) is 33.5 Å². The largest absolute Gasteiger partial charge is 0.311 e. The number of thioether (sulfide) groups is 1. The van der Waals surface area contributed by atoms with Crippen molar-refractivity contribution in [3.05, 3.63) is 11.9 Å². The van der Waals surface area contributed by atoms with Gasteiger partial charge in [-0.1, -0.05) is 26.0 Å². The lowest BCUT2D eigenvalue weighted by Crippen LogP contribution is -2.23. The van der Waals surface area contributed by atoms with Crippen LogP contribution in [0.4, 0.5) is 0 Å². The zero-order chi connectivity index (χ0) is 12.7. The molecule has 1 heterocycles. The normalized spacial score (nSPS) is 13.2. The minimum Gasteiger partial charge on any atom is -0.311 e. The molecule has 0 saturated heterocycles. The number of nitrogens with zero attached hydrogens (tertiary/aromatic N) is 3. The van der Waals surface area contributed by atoms with Crippen molar-refractivity contribution in [2.24, 2.45) is 5.92 Å². The van der Waals surface area contributed by atoms with Gasteiger partial charge in [0.1, 0.15) is 0 Å². The van der Waals surface area contributed by atoms with E-state index in [2.05, 4.69) is 36.4 Å². The first-order valence-electron chi connectivity index (χ1n) is 6.32. The summed E-state index contributed by atoms with van der Waals surface area (Å²) in [6, 6.07) is 0.347. The maximum atomic E-state index is 4.14. The van der Waals surface area contributed by atoms with Gasteiger partial charge < -0.3 is 5.32 Å². The molecule has 0 bridgehead atoms. The Labute approximate surface area is 109 Å². The van der Waals surface area contributed by atoms with Gasteiger partial charge in [-0.2, -0.15) is 11.8 Å². The molecular weight excluding hydrogens is 232 g/mol. The predicted molar refractivity (Wildman–Crippen MR) is 74.3 cm³/mol. The van der Waals surface area contributed by atoms with Crippen LogP contribution in [0.15, 0.2) is 6.20 Å². The molecule has 1 aromatic rings. The van der Waals surface area contributed by atoms with Crippen LogP contribution in [-0.2, 0) is 6.54 Å². The van der Waals surface area contributed by atoms with Crippen LogP contribution < -0.4 is 5.32 Å². The van der Waals surface area contributed by atoms with Crippen LogP contribution in [0.1, 0.15) is 38.9 Å². The molecule has 0 saturated carbocycles. The minimum absolute atomic E-state index is 0.347. The lowest BCUT2D eigenvalue weighted by Gasteiger charge is -2.17. The number of nitrogens with one attached hydrogen (secondary N) is 1. The summed E-state index contributed by atoms with van der Waals surface area (Å²) < 4.78 is 2.01.